The van der Waals surface area contributed by atoms with Crippen LogP contribution >= 0.6 is 38.5 Å². The van der Waals surface area contributed by atoms with Crippen LogP contribution in [0.3, 0.4) is 0 Å². The van der Waals surface area contributed by atoms with E-state index in [-0.39, 0.29) is 0 Å². The maximum absolute atomic E-state index is 6.11. The number of aromatic nitrogens is 2. The van der Waals surface area contributed by atoms with Crippen molar-refractivity contribution in [2.75, 3.05) is 5.73 Å². The Labute approximate surface area is 145 Å². The van der Waals surface area contributed by atoms with E-state index in [2.05, 4.69) is 79.9 Å². The normalized spacial score (nSPS) is 10.8. The zero-order valence-electron chi connectivity index (χ0n) is 11.3. The lowest BCUT2D eigenvalue weighted by molar-refractivity contribution is 1.10. The third-order valence-corrected chi connectivity index (χ3v) is 4.84. The zero-order chi connectivity index (χ0) is 15.0. The first-order valence-corrected chi connectivity index (χ1v) is 8.30. The van der Waals surface area contributed by atoms with Gasteiger partial charge in [0.2, 0.25) is 0 Å². The third kappa shape index (κ3) is 2.72. The summed E-state index contributed by atoms with van der Waals surface area (Å²) in [7, 11) is 0. The van der Waals surface area contributed by atoms with Crippen molar-refractivity contribution < 1.29 is 0 Å². The number of aryl methyl sites for hydroxylation is 1. The number of nitrogen functional groups attached to an aromatic ring is 1. The number of nitrogens with two attached hydrogens (primary N) is 1. The number of nitrogens with one attached hydrogen (secondary N) is 1. The summed E-state index contributed by atoms with van der Waals surface area (Å²) in [4.78, 5) is 0. The minimum atomic E-state index is 0.523. The van der Waals surface area contributed by atoms with Gasteiger partial charge in [-0.3, -0.25) is 5.10 Å². The molecule has 0 saturated heterocycles. The molecule has 0 amide bonds. The number of hydrogen-bond donors (Lipinski definition) is 2. The standard InChI is InChI=1S/C16H13BrIN3/c1-9-4-2-3-5-11(9)14-15(20-21-16(14)19)12-8-10(17)6-7-13(12)18/h2-8H,1H3,(H3,19,20,21). The Morgan fingerprint density at radius 3 is 2.67 bits per heavy atom. The van der Waals surface area contributed by atoms with Gasteiger partial charge < -0.3 is 5.73 Å². The van der Waals surface area contributed by atoms with Crippen LogP contribution in [-0.4, -0.2) is 10.2 Å². The average molecular weight is 454 g/mol. The summed E-state index contributed by atoms with van der Waals surface area (Å²) in [5, 5.41) is 7.30. The molecule has 3 aromatic rings. The minimum Gasteiger partial charge on any atom is -0.382 e. The Hall–Kier alpha value is -1.34. The van der Waals surface area contributed by atoms with Gasteiger partial charge in [0.25, 0.3) is 0 Å². The maximum atomic E-state index is 6.11. The molecule has 1 aromatic heterocycles. The maximum Gasteiger partial charge on any atom is 0.153 e. The lowest BCUT2D eigenvalue weighted by atomic mass is 9.97. The fourth-order valence-electron chi connectivity index (χ4n) is 2.37. The molecular weight excluding hydrogens is 441 g/mol. The number of hydrogen-bond acceptors (Lipinski definition) is 2. The van der Waals surface area contributed by atoms with Crippen LogP contribution in [0.15, 0.2) is 46.9 Å². The van der Waals surface area contributed by atoms with Crippen molar-refractivity contribution in [2.24, 2.45) is 0 Å². The number of aromatic amines is 1. The van der Waals surface area contributed by atoms with Crippen molar-refractivity contribution in [3.63, 3.8) is 0 Å². The van der Waals surface area contributed by atoms with Gasteiger partial charge in [0, 0.05) is 13.6 Å². The second kappa shape index (κ2) is 5.81. The highest BCUT2D eigenvalue weighted by molar-refractivity contribution is 14.1. The Morgan fingerprint density at radius 1 is 1.14 bits per heavy atom. The number of rotatable bonds is 2. The summed E-state index contributed by atoms with van der Waals surface area (Å²) in [6.45, 7) is 2.08. The number of anilines is 1. The van der Waals surface area contributed by atoms with E-state index in [9.17, 15) is 0 Å². The topological polar surface area (TPSA) is 54.7 Å². The zero-order valence-corrected chi connectivity index (χ0v) is 15.1. The number of halogens is 2. The van der Waals surface area contributed by atoms with E-state index in [1.807, 2.05) is 18.2 Å². The number of H-pyrrole nitrogens is 1. The molecule has 2 aromatic carbocycles. The van der Waals surface area contributed by atoms with E-state index in [0.29, 0.717) is 5.82 Å². The molecule has 0 bridgehead atoms. The summed E-state index contributed by atoms with van der Waals surface area (Å²) in [6.07, 6.45) is 0. The van der Waals surface area contributed by atoms with Gasteiger partial charge in [0.05, 0.1) is 11.3 Å². The first-order chi connectivity index (χ1) is 10.1. The van der Waals surface area contributed by atoms with Crippen LogP contribution < -0.4 is 5.73 Å². The van der Waals surface area contributed by atoms with E-state index >= 15 is 0 Å². The van der Waals surface area contributed by atoms with Crippen molar-refractivity contribution in [1.82, 2.24) is 10.2 Å². The minimum absolute atomic E-state index is 0.523. The Kier molecular flexibility index (Phi) is 4.03. The molecule has 106 valence electrons. The molecule has 0 atom stereocenters. The van der Waals surface area contributed by atoms with E-state index in [4.69, 9.17) is 5.73 Å². The summed E-state index contributed by atoms with van der Waals surface area (Å²) in [5.41, 5.74) is 11.4. The first-order valence-electron chi connectivity index (χ1n) is 6.43. The smallest absolute Gasteiger partial charge is 0.153 e. The van der Waals surface area contributed by atoms with Crippen molar-refractivity contribution in [1.29, 1.82) is 0 Å². The molecule has 21 heavy (non-hydrogen) atoms. The van der Waals surface area contributed by atoms with E-state index < -0.39 is 0 Å². The van der Waals surface area contributed by atoms with E-state index in [1.165, 1.54) is 5.56 Å². The fraction of sp³-hybridized carbons (Fsp3) is 0.0625. The van der Waals surface area contributed by atoms with Crippen LogP contribution in [-0.2, 0) is 0 Å². The SMILES string of the molecule is Cc1ccccc1-c1c(N)n[nH]c1-c1cc(Br)ccc1I. The second-order valence-corrected chi connectivity index (χ2v) is 6.88. The lowest BCUT2D eigenvalue weighted by Crippen LogP contribution is -1.92. The van der Waals surface area contributed by atoms with Crippen molar-refractivity contribution in [3.05, 3.63) is 56.1 Å². The highest BCUT2D eigenvalue weighted by atomic mass is 127. The molecule has 3 rings (SSSR count). The van der Waals surface area contributed by atoms with Gasteiger partial charge in [-0.1, -0.05) is 40.2 Å². The van der Waals surface area contributed by atoms with Crippen LogP contribution in [0.5, 0.6) is 0 Å². The van der Waals surface area contributed by atoms with Gasteiger partial charge in [-0.05, 0) is 58.8 Å². The highest BCUT2D eigenvalue weighted by Gasteiger charge is 2.18. The predicted molar refractivity (Wildman–Crippen MR) is 99.0 cm³/mol. The largest absolute Gasteiger partial charge is 0.382 e. The fourth-order valence-corrected chi connectivity index (χ4v) is 3.33. The molecule has 0 aliphatic rings. The summed E-state index contributed by atoms with van der Waals surface area (Å²) >= 11 is 5.85. The van der Waals surface area contributed by atoms with Crippen molar-refractivity contribution in [3.8, 4) is 22.4 Å². The molecule has 0 fully saturated rings. The molecule has 0 radical (unpaired) electrons. The molecule has 0 aliphatic carbocycles. The molecule has 0 spiro atoms. The van der Waals surface area contributed by atoms with Gasteiger partial charge in [-0.2, -0.15) is 5.10 Å². The van der Waals surface area contributed by atoms with Crippen LogP contribution in [0.2, 0.25) is 0 Å². The summed E-state index contributed by atoms with van der Waals surface area (Å²) in [6, 6.07) is 14.4. The van der Waals surface area contributed by atoms with Gasteiger partial charge in [-0.15, -0.1) is 0 Å². The molecular formula is C16H13BrIN3. The van der Waals surface area contributed by atoms with E-state index in [1.54, 1.807) is 0 Å². The number of benzene rings is 2. The molecule has 0 aliphatic heterocycles. The Bertz CT molecular complexity index is 811. The van der Waals surface area contributed by atoms with Crippen molar-refractivity contribution >= 4 is 44.3 Å². The second-order valence-electron chi connectivity index (χ2n) is 4.80. The van der Waals surface area contributed by atoms with E-state index in [0.717, 1.165) is 30.4 Å². The monoisotopic (exact) mass is 453 g/mol. The van der Waals surface area contributed by atoms with Crippen LogP contribution in [0.1, 0.15) is 5.56 Å². The van der Waals surface area contributed by atoms with Crippen LogP contribution in [0, 0.1) is 10.5 Å². The quantitative estimate of drug-likeness (QED) is 0.536. The molecule has 3 nitrogen and oxygen atoms in total. The Balaban J connectivity index is 2.27. The van der Waals surface area contributed by atoms with Gasteiger partial charge >= 0.3 is 0 Å². The molecule has 1 heterocycles. The van der Waals surface area contributed by atoms with Gasteiger partial charge in [-0.25, -0.2) is 0 Å². The summed E-state index contributed by atoms with van der Waals surface area (Å²) < 4.78 is 2.18. The van der Waals surface area contributed by atoms with Gasteiger partial charge in [0.1, 0.15) is 0 Å². The molecule has 0 saturated carbocycles. The highest BCUT2D eigenvalue weighted by Crippen LogP contribution is 2.38. The molecule has 3 N–H and O–H groups in total. The molecule has 0 unspecified atom stereocenters. The lowest BCUT2D eigenvalue weighted by Gasteiger charge is -2.09. The number of nitrogens with zero attached hydrogens (tertiary/aromatic N) is 1. The molecule has 5 heteroatoms. The van der Waals surface area contributed by atoms with Crippen LogP contribution in [0.4, 0.5) is 5.82 Å². The first kappa shape index (κ1) is 14.6. The van der Waals surface area contributed by atoms with Crippen LogP contribution in [0.25, 0.3) is 22.4 Å². The van der Waals surface area contributed by atoms with Crippen molar-refractivity contribution in [2.45, 2.75) is 6.92 Å². The third-order valence-electron chi connectivity index (χ3n) is 3.41. The van der Waals surface area contributed by atoms with Gasteiger partial charge in [0.15, 0.2) is 5.82 Å². The Morgan fingerprint density at radius 2 is 1.90 bits per heavy atom. The average Bonchev–Trinajstić information content (AvgIpc) is 2.84. The predicted octanol–water partition coefficient (Wildman–Crippen LogP) is 5.00. The summed E-state index contributed by atoms with van der Waals surface area (Å²) in [5.74, 6) is 0.523.